The van der Waals surface area contributed by atoms with Crippen LogP contribution in [0.25, 0.3) is 5.69 Å². The molecule has 0 spiro atoms. The number of ether oxygens (including phenoxy) is 1. The number of thioether (sulfide) groups is 1. The Labute approximate surface area is 148 Å². The van der Waals surface area contributed by atoms with Crippen molar-refractivity contribution in [1.29, 1.82) is 0 Å². The number of methoxy groups -OCH3 is 1. The van der Waals surface area contributed by atoms with Crippen molar-refractivity contribution in [3.8, 4) is 17.4 Å². The third-order valence-electron chi connectivity index (χ3n) is 3.27. The van der Waals surface area contributed by atoms with Gasteiger partial charge in [0.25, 0.3) is 5.03 Å². The number of nitrogens with one attached hydrogen (secondary N) is 1. The van der Waals surface area contributed by atoms with Crippen LogP contribution < -0.4 is 19.8 Å². The lowest BCUT2D eigenvalue weighted by Gasteiger charge is -2.06. The Morgan fingerprint density at radius 2 is 2.08 bits per heavy atom. The largest absolute Gasteiger partial charge is 0.538 e. The molecule has 1 heterocycles. The molecule has 0 saturated carbocycles. The van der Waals surface area contributed by atoms with E-state index in [1.54, 1.807) is 43.5 Å². The Hall–Kier alpha value is -3.00. The lowest BCUT2D eigenvalue weighted by atomic mass is 10.3. The van der Waals surface area contributed by atoms with Crippen LogP contribution in [0.1, 0.15) is 0 Å². The molecule has 2 aromatic carbocycles. The minimum atomic E-state index is -0.581. The van der Waals surface area contributed by atoms with E-state index in [4.69, 9.17) is 9.26 Å². The normalized spacial score (nSPS) is 10.4. The number of amides is 1. The van der Waals surface area contributed by atoms with Crippen molar-refractivity contribution < 1.29 is 23.8 Å². The maximum atomic E-state index is 12.1. The maximum absolute atomic E-state index is 12.1. The van der Waals surface area contributed by atoms with Crippen molar-refractivity contribution in [3.63, 3.8) is 0 Å². The lowest BCUT2D eigenvalue weighted by molar-refractivity contribution is -0.705. The summed E-state index contributed by atoms with van der Waals surface area (Å²) in [6.45, 7) is 0. The first-order valence-electron chi connectivity index (χ1n) is 7.38. The summed E-state index contributed by atoms with van der Waals surface area (Å²) in [5.74, 6) is -0.143. The molecule has 0 saturated heterocycles. The van der Waals surface area contributed by atoms with E-state index < -0.39 is 5.95 Å². The molecule has 0 aliphatic heterocycles. The standard InChI is InChI=1S/C17H15N3O4S/c1-23-14-9-5-6-12(10-14)18-15(21)11-25-16-17(22)24-19-20(16)13-7-3-2-4-8-13/h2-10H,11H2,1H3,(H-,18,19,21,22). The van der Waals surface area contributed by atoms with E-state index >= 15 is 0 Å². The predicted molar refractivity (Wildman–Crippen MR) is 89.8 cm³/mol. The summed E-state index contributed by atoms with van der Waals surface area (Å²) in [6, 6.07) is 16.1. The molecule has 0 unspecified atom stereocenters. The molecule has 1 N–H and O–H groups in total. The number of hydrogen-bond donors (Lipinski definition) is 1. The van der Waals surface area contributed by atoms with Crippen LogP contribution in [0, 0.1) is 0 Å². The summed E-state index contributed by atoms with van der Waals surface area (Å²) in [4.78, 5) is 12.1. The predicted octanol–water partition coefficient (Wildman–Crippen LogP) is 1.76. The van der Waals surface area contributed by atoms with Crippen LogP contribution in [-0.4, -0.2) is 24.0 Å². The second-order valence-electron chi connectivity index (χ2n) is 4.98. The Morgan fingerprint density at radius 3 is 2.84 bits per heavy atom. The number of nitrogens with zero attached hydrogens (tertiary/aromatic N) is 2. The molecule has 1 aromatic heterocycles. The summed E-state index contributed by atoms with van der Waals surface area (Å²) >= 11 is 1.06. The van der Waals surface area contributed by atoms with Crippen LogP contribution in [0.4, 0.5) is 5.69 Å². The summed E-state index contributed by atoms with van der Waals surface area (Å²) in [5, 5.41) is 18.6. The second-order valence-corrected chi connectivity index (χ2v) is 5.95. The molecular weight excluding hydrogens is 342 g/mol. The summed E-state index contributed by atoms with van der Waals surface area (Å²) in [6.07, 6.45) is 0. The summed E-state index contributed by atoms with van der Waals surface area (Å²) < 4.78 is 11.2. The molecule has 7 nitrogen and oxygen atoms in total. The number of carbonyl (C=O) groups is 1. The van der Waals surface area contributed by atoms with Gasteiger partial charge in [-0.2, -0.15) is 0 Å². The Morgan fingerprint density at radius 1 is 1.28 bits per heavy atom. The van der Waals surface area contributed by atoms with Gasteiger partial charge in [-0.1, -0.05) is 24.3 Å². The first-order chi connectivity index (χ1) is 12.2. The Balaban J connectivity index is 1.67. The number of carbonyl (C=O) groups excluding carboxylic acids is 1. The van der Waals surface area contributed by atoms with Gasteiger partial charge >= 0.3 is 0 Å². The molecule has 0 aliphatic rings. The monoisotopic (exact) mass is 357 g/mol. The third-order valence-corrected chi connectivity index (χ3v) is 4.29. The summed E-state index contributed by atoms with van der Waals surface area (Å²) in [5.41, 5.74) is 1.30. The molecule has 0 atom stereocenters. The Bertz CT molecular complexity index is 867. The zero-order valence-corrected chi connectivity index (χ0v) is 14.2. The third kappa shape index (κ3) is 4.10. The minimum absolute atomic E-state index is 0.0422. The molecule has 0 radical (unpaired) electrons. The highest BCUT2D eigenvalue weighted by Gasteiger charge is 2.21. The van der Waals surface area contributed by atoms with Crippen LogP contribution in [0.2, 0.25) is 0 Å². The van der Waals surface area contributed by atoms with Crippen molar-refractivity contribution in [2.24, 2.45) is 0 Å². The van der Waals surface area contributed by atoms with Crippen molar-refractivity contribution in [2.75, 3.05) is 18.2 Å². The number of hydrogen-bond acceptors (Lipinski definition) is 6. The van der Waals surface area contributed by atoms with E-state index in [0.29, 0.717) is 17.1 Å². The highest BCUT2D eigenvalue weighted by atomic mass is 32.2. The minimum Gasteiger partial charge on any atom is -0.538 e. The van der Waals surface area contributed by atoms with E-state index in [1.165, 1.54) is 4.68 Å². The van der Waals surface area contributed by atoms with E-state index in [1.807, 2.05) is 18.2 Å². The summed E-state index contributed by atoms with van der Waals surface area (Å²) in [7, 11) is 1.56. The fourth-order valence-electron chi connectivity index (χ4n) is 2.13. The van der Waals surface area contributed by atoms with Gasteiger partial charge in [0.1, 0.15) is 5.75 Å². The van der Waals surface area contributed by atoms with Gasteiger partial charge in [-0.3, -0.25) is 4.79 Å². The molecule has 8 heteroatoms. The SMILES string of the molecule is COc1cccc(NC(=O)CSc2c([O-])on[n+]2-c2ccccc2)c1. The van der Waals surface area contributed by atoms with E-state index in [-0.39, 0.29) is 16.7 Å². The molecule has 0 fully saturated rings. The quantitative estimate of drug-likeness (QED) is 0.534. The highest BCUT2D eigenvalue weighted by molar-refractivity contribution is 7.99. The molecule has 0 aliphatic carbocycles. The topological polar surface area (TPSA) is 91.3 Å². The second kappa shape index (κ2) is 7.71. The van der Waals surface area contributed by atoms with Gasteiger partial charge in [0.2, 0.25) is 11.6 Å². The van der Waals surface area contributed by atoms with Crippen LogP contribution >= 0.6 is 11.8 Å². The van der Waals surface area contributed by atoms with Crippen LogP contribution in [0.3, 0.4) is 0 Å². The fraction of sp³-hybridized carbons (Fsp3) is 0.118. The average molecular weight is 357 g/mol. The van der Waals surface area contributed by atoms with Crippen LogP contribution in [-0.2, 0) is 4.79 Å². The number of benzene rings is 2. The first-order valence-corrected chi connectivity index (χ1v) is 8.37. The molecule has 3 aromatic rings. The van der Waals surface area contributed by atoms with Gasteiger partial charge in [-0.05, 0) is 28.6 Å². The van der Waals surface area contributed by atoms with Gasteiger partial charge in [0, 0.05) is 23.9 Å². The van der Waals surface area contributed by atoms with Crippen LogP contribution in [0.15, 0.2) is 64.1 Å². The van der Waals surface area contributed by atoms with Gasteiger partial charge in [-0.15, -0.1) is 0 Å². The van der Waals surface area contributed by atoms with Crippen molar-refractivity contribution in [3.05, 3.63) is 54.6 Å². The zero-order valence-electron chi connectivity index (χ0n) is 13.3. The van der Waals surface area contributed by atoms with Crippen LogP contribution in [0.5, 0.6) is 11.7 Å². The van der Waals surface area contributed by atoms with Gasteiger partial charge in [-0.25, -0.2) is 0 Å². The zero-order chi connectivity index (χ0) is 17.6. The molecule has 1 amide bonds. The fourth-order valence-corrected chi connectivity index (χ4v) is 2.88. The van der Waals surface area contributed by atoms with Gasteiger partial charge in [0.05, 0.1) is 18.1 Å². The Kier molecular flexibility index (Phi) is 5.20. The molecular formula is C17H15N3O4S. The van der Waals surface area contributed by atoms with Crippen molar-refractivity contribution in [1.82, 2.24) is 5.27 Å². The van der Waals surface area contributed by atoms with E-state index in [0.717, 1.165) is 11.8 Å². The lowest BCUT2D eigenvalue weighted by Crippen LogP contribution is -2.35. The van der Waals surface area contributed by atoms with Crippen molar-refractivity contribution in [2.45, 2.75) is 5.03 Å². The van der Waals surface area contributed by atoms with E-state index in [2.05, 4.69) is 10.6 Å². The first kappa shape index (κ1) is 16.8. The van der Waals surface area contributed by atoms with Gasteiger partial charge < -0.3 is 19.7 Å². The van der Waals surface area contributed by atoms with E-state index in [9.17, 15) is 9.90 Å². The van der Waals surface area contributed by atoms with Crippen molar-refractivity contribution >= 4 is 23.4 Å². The number of anilines is 1. The maximum Gasteiger partial charge on any atom is 0.298 e. The number of aromatic nitrogens is 2. The molecule has 25 heavy (non-hydrogen) atoms. The molecule has 0 bridgehead atoms. The smallest absolute Gasteiger partial charge is 0.298 e. The molecule has 3 rings (SSSR count). The molecule has 128 valence electrons. The number of rotatable bonds is 6. The average Bonchev–Trinajstić information content (AvgIpc) is 3.01. The number of para-hydroxylation sites is 1. The highest BCUT2D eigenvalue weighted by Crippen LogP contribution is 2.23. The van der Waals surface area contributed by atoms with Gasteiger partial charge in [0.15, 0.2) is 5.95 Å².